The van der Waals surface area contributed by atoms with Gasteiger partial charge in [-0.3, -0.25) is 10.1 Å². The number of nitro benzene ring substituents is 1. The summed E-state index contributed by atoms with van der Waals surface area (Å²) < 4.78 is 11.2. The molecule has 0 aliphatic carbocycles. The fraction of sp³-hybridized carbons (Fsp3) is 0.174. The number of aryl methyl sites for hydroxylation is 1. The Morgan fingerprint density at radius 3 is 1.77 bits per heavy atom. The average molecular weight is 406 g/mol. The van der Waals surface area contributed by atoms with Crippen molar-refractivity contribution in [2.24, 2.45) is 5.16 Å². The molecule has 0 fully saturated rings. The molecule has 7 nitrogen and oxygen atoms in total. The Balaban J connectivity index is 1.55. The number of oxime groups is 1. The van der Waals surface area contributed by atoms with E-state index >= 15 is 0 Å². The fourth-order valence-corrected chi connectivity index (χ4v) is 2.77. The Morgan fingerprint density at radius 1 is 0.833 bits per heavy atom. The first-order chi connectivity index (χ1) is 14.6. The topological polar surface area (TPSA) is 83.2 Å². The van der Waals surface area contributed by atoms with E-state index in [-0.39, 0.29) is 5.69 Å². The van der Waals surface area contributed by atoms with Gasteiger partial charge in [-0.2, -0.15) is 0 Å². The minimum atomic E-state index is -0.446. The first kappa shape index (κ1) is 20.9. The van der Waals surface area contributed by atoms with Crippen molar-refractivity contribution in [2.75, 3.05) is 20.3 Å². The highest BCUT2D eigenvalue weighted by atomic mass is 16.6. The Kier molecular flexibility index (Phi) is 7.00. The van der Waals surface area contributed by atoms with Crippen LogP contribution in [0.15, 0.2) is 78.0 Å². The van der Waals surface area contributed by atoms with Crippen LogP contribution in [-0.2, 0) is 4.84 Å². The first-order valence-electron chi connectivity index (χ1n) is 9.35. The molecule has 0 aliphatic rings. The highest BCUT2D eigenvalue weighted by Gasteiger charge is 2.09. The maximum atomic E-state index is 10.7. The zero-order chi connectivity index (χ0) is 21.3. The monoisotopic (exact) mass is 406 g/mol. The normalized spacial score (nSPS) is 11.1. The fourth-order valence-electron chi connectivity index (χ4n) is 2.77. The van der Waals surface area contributed by atoms with Crippen molar-refractivity contribution in [1.29, 1.82) is 0 Å². The van der Waals surface area contributed by atoms with Crippen molar-refractivity contribution < 1.29 is 19.2 Å². The van der Waals surface area contributed by atoms with Gasteiger partial charge in [0.05, 0.1) is 4.92 Å². The lowest BCUT2D eigenvalue weighted by Gasteiger charge is -2.10. The number of hydrogen-bond donors (Lipinski definition) is 0. The van der Waals surface area contributed by atoms with Gasteiger partial charge in [0.1, 0.15) is 37.5 Å². The molecule has 0 N–H and O–H groups in total. The van der Waals surface area contributed by atoms with Crippen molar-refractivity contribution in [1.82, 2.24) is 0 Å². The van der Waals surface area contributed by atoms with Gasteiger partial charge in [0.15, 0.2) is 0 Å². The summed E-state index contributed by atoms with van der Waals surface area (Å²) in [6.07, 6.45) is 0. The molecule has 7 heteroatoms. The van der Waals surface area contributed by atoms with Crippen LogP contribution in [0.25, 0.3) is 0 Å². The van der Waals surface area contributed by atoms with Crippen molar-refractivity contribution in [3.05, 3.63) is 99.6 Å². The number of non-ortho nitro benzene ring substituents is 1. The maximum Gasteiger partial charge on any atom is 0.269 e. The smallest absolute Gasteiger partial charge is 0.269 e. The molecule has 30 heavy (non-hydrogen) atoms. The quantitative estimate of drug-likeness (QED) is 0.221. The molecular weight excluding hydrogens is 384 g/mol. The molecule has 0 amide bonds. The van der Waals surface area contributed by atoms with Crippen LogP contribution in [0.4, 0.5) is 5.69 Å². The molecule has 0 saturated carbocycles. The lowest BCUT2D eigenvalue weighted by atomic mass is 10.0. The van der Waals surface area contributed by atoms with Gasteiger partial charge in [-0.1, -0.05) is 35.0 Å². The summed E-state index contributed by atoms with van der Waals surface area (Å²) >= 11 is 0. The van der Waals surface area contributed by atoms with Gasteiger partial charge in [0, 0.05) is 23.3 Å². The molecule has 154 valence electrons. The summed E-state index contributed by atoms with van der Waals surface area (Å²) in [6.45, 7) is 2.70. The summed E-state index contributed by atoms with van der Waals surface area (Å²) in [5.41, 5.74) is 3.82. The predicted molar refractivity (Wildman–Crippen MR) is 114 cm³/mol. The van der Waals surface area contributed by atoms with Gasteiger partial charge in [-0.15, -0.1) is 0 Å². The van der Waals surface area contributed by atoms with E-state index in [0.717, 1.165) is 16.8 Å². The Bertz CT molecular complexity index is 997. The second kappa shape index (κ2) is 10.1. The molecule has 3 aromatic rings. The number of nitrogens with zero attached hydrogens (tertiary/aromatic N) is 2. The third-order valence-electron chi connectivity index (χ3n) is 4.30. The van der Waals surface area contributed by atoms with Gasteiger partial charge < -0.3 is 14.3 Å². The minimum Gasteiger partial charge on any atom is -0.490 e. The van der Waals surface area contributed by atoms with Gasteiger partial charge in [-0.05, 0) is 43.3 Å². The van der Waals surface area contributed by atoms with Crippen LogP contribution in [0.5, 0.6) is 11.5 Å². The molecule has 0 unspecified atom stereocenters. The number of hydrogen-bond acceptors (Lipinski definition) is 6. The summed E-state index contributed by atoms with van der Waals surface area (Å²) in [4.78, 5) is 15.2. The summed E-state index contributed by atoms with van der Waals surface area (Å²) in [5, 5.41) is 14.8. The van der Waals surface area contributed by atoms with Crippen molar-refractivity contribution >= 4 is 11.4 Å². The number of ether oxygens (including phenoxy) is 2. The van der Waals surface area contributed by atoms with Gasteiger partial charge in [0.25, 0.3) is 5.69 Å². The summed E-state index contributed by atoms with van der Waals surface area (Å²) in [7, 11) is 1.52. The molecule has 3 aromatic carbocycles. The van der Waals surface area contributed by atoms with Crippen LogP contribution in [0.2, 0.25) is 0 Å². The second-order valence-corrected chi connectivity index (χ2v) is 6.46. The van der Waals surface area contributed by atoms with Crippen LogP contribution < -0.4 is 9.47 Å². The van der Waals surface area contributed by atoms with E-state index in [1.165, 1.54) is 24.8 Å². The number of benzene rings is 3. The van der Waals surface area contributed by atoms with Crippen LogP contribution in [-0.4, -0.2) is 31.0 Å². The Hall–Kier alpha value is -3.87. The van der Waals surface area contributed by atoms with Crippen molar-refractivity contribution in [2.45, 2.75) is 6.92 Å². The Morgan fingerprint density at radius 2 is 1.30 bits per heavy atom. The molecule has 0 saturated heterocycles. The van der Waals surface area contributed by atoms with Crippen molar-refractivity contribution in [3.8, 4) is 11.5 Å². The third kappa shape index (κ3) is 5.57. The van der Waals surface area contributed by atoms with Crippen molar-refractivity contribution in [3.63, 3.8) is 0 Å². The maximum absolute atomic E-state index is 10.7. The second-order valence-electron chi connectivity index (χ2n) is 6.46. The summed E-state index contributed by atoms with van der Waals surface area (Å²) in [5.74, 6) is 1.25. The number of nitro groups is 1. The standard InChI is InChI=1S/C23H22N2O5/c1-17-3-5-18(6-4-17)23(24-28-2)19-7-11-21(12-8-19)29-15-16-30-22-13-9-20(10-14-22)25(26)27/h3-14H,15-16H2,1-2H3. The van der Waals surface area contributed by atoms with Gasteiger partial charge in [-0.25, -0.2) is 0 Å². The van der Waals surface area contributed by atoms with E-state index in [4.69, 9.17) is 14.3 Å². The molecule has 0 aliphatic heterocycles. The van der Waals surface area contributed by atoms with Crippen LogP contribution in [0, 0.1) is 17.0 Å². The number of rotatable bonds is 9. The molecule has 0 heterocycles. The zero-order valence-electron chi connectivity index (χ0n) is 16.8. The SMILES string of the molecule is CON=C(c1ccc(C)cc1)c1ccc(OCCOc2ccc([N+](=O)[O-])cc2)cc1. The van der Waals surface area contributed by atoms with Gasteiger partial charge >= 0.3 is 0 Å². The van der Waals surface area contributed by atoms with Crippen LogP contribution >= 0.6 is 0 Å². The predicted octanol–water partition coefficient (Wildman–Crippen LogP) is 4.76. The van der Waals surface area contributed by atoms with Crippen LogP contribution in [0.3, 0.4) is 0 Å². The molecule has 0 atom stereocenters. The minimum absolute atomic E-state index is 0.0284. The highest BCUT2D eigenvalue weighted by Crippen LogP contribution is 2.19. The lowest BCUT2D eigenvalue weighted by Crippen LogP contribution is -2.09. The average Bonchev–Trinajstić information content (AvgIpc) is 2.77. The van der Waals surface area contributed by atoms with E-state index in [1.807, 2.05) is 55.5 Å². The molecule has 0 aromatic heterocycles. The Labute approximate surface area is 174 Å². The molecule has 0 radical (unpaired) electrons. The van der Waals surface area contributed by atoms with E-state index in [1.54, 1.807) is 12.1 Å². The van der Waals surface area contributed by atoms with E-state index in [9.17, 15) is 10.1 Å². The van der Waals surface area contributed by atoms with E-state index in [0.29, 0.717) is 24.7 Å². The van der Waals surface area contributed by atoms with E-state index < -0.39 is 4.92 Å². The molecule has 0 bridgehead atoms. The first-order valence-corrected chi connectivity index (χ1v) is 9.35. The highest BCUT2D eigenvalue weighted by molar-refractivity contribution is 6.12. The molecular formula is C23H22N2O5. The lowest BCUT2D eigenvalue weighted by molar-refractivity contribution is -0.384. The molecule has 3 rings (SSSR count). The van der Waals surface area contributed by atoms with Crippen LogP contribution in [0.1, 0.15) is 16.7 Å². The third-order valence-corrected chi connectivity index (χ3v) is 4.30. The zero-order valence-corrected chi connectivity index (χ0v) is 16.8. The largest absolute Gasteiger partial charge is 0.490 e. The van der Waals surface area contributed by atoms with Gasteiger partial charge in [0.2, 0.25) is 0 Å². The molecule has 0 spiro atoms. The summed E-state index contributed by atoms with van der Waals surface area (Å²) in [6, 6.07) is 21.6. The van der Waals surface area contributed by atoms with E-state index in [2.05, 4.69) is 5.16 Å².